The van der Waals surface area contributed by atoms with E-state index in [0.717, 1.165) is 73.9 Å². The number of hydrogen-bond acceptors (Lipinski definition) is 9. The summed E-state index contributed by atoms with van der Waals surface area (Å²) in [5.41, 5.74) is 11.7. The molecule has 3 N–H and O–H groups in total. The fraction of sp³-hybridized carbons (Fsp3) is 0.667. The number of allylic oxidation sites excluding steroid dienone is 4. The summed E-state index contributed by atoms with van der Waals surface area (Å²) in [6, 6.07) is 7.58. The summed E-state index contributed by atoms with van der Waals surface area (Å²) in [6.45, 7) is 24.7. The van der Waals surface area contributed by atoms with E-state index in [-0.39, 0.29) is 54.1 Å². The first-order valence-corrected chi connectivity index (χ1v) is 19.3. The second-order valence-corrected chi connectivity index (χ2v) is 15.7. The van der Waals surface area contributed by atoms with Gasteiger partial charge in [0, 0.05) is 30.9 Å². The lowest BCUT2D eigenvalue weighted by molar-refractivity contribution is -0.134. The zero-order valence-electron chi connectivity index (χ0n) is 34.1. The van der Waals surface area contributed by atoms with Crippen LogP contribution in [0.3, 0.4) is 0 Å². The van der Waals surface area contributed by atoms with Crippen molar-refractivity contribution in [3.63, 3.8) is 0 Å². The summed E-state index contributed by atoms with van der Waals surface area (Å²) in [4.78, 5) is 28.8. The number of carbonyl (C=O) groups excluding carboxylic acids is 2. The van der Waals surface area contributed by atoms with Crippen molar-refractivity contribution in [2.75, 3.05) is 19.7 Å². The van der Waals surface area contributed by atoms with Gasteiger partial charge in [-0.1, -0.05) is 37.1 Å². The van der Waals surface area contributed by atoms with Crippen LogP contribution in [0.4, 0.5) is 0 Å². The Balaban J connectivity index is 1.93. The van der Waals surface area contributed by atoms with Gasteiger partial charge >= 0.3 is 5.97 Å². The molecule has 0 aromatic heterocycles. The van der Waals surface area contributed by atoms with E-state index < -0.39 is 0 Å². The van der Waals surface area contributed by atoms with Crippen LogP contribution in [0.15, 0.2) is 64.2 Å². The standard InChI is InChI=1S/C42H69N5O5/c1-12-14-27-47-36(16-15-17-37(47)40(49)45-39(30(3)4)32(7)13-2)33-18-21-35(22-19-33)51-38(48)23-20-34(46-43)29-44-26-24-41(8,9)50-28-25-42(10,11)52-31(5)6/h13,18-19,21-22,29,31,36-37,43-44H,12,14-17,20,23-28H2,1-11H3,(H,45,49)/b32-13-,34-29-,46-43?. The summed E-state index contributed by atoms with van der Waals surface area (Å²) in [5, 5.41) is 10.1. The predicted octanol–water partition coefficient (Wildman–Crippen LogP) is 9.69. The van der Waals surface area contributed by atoms with Crippen LogP contribution >= 0.6 is 0 Å². The molecule has 1 saturated heterocycles. The number of nitrogens with one attached hydrogen (secondary N) is 3. The summed E-state index contributed by atoms with van der Waals surface area (Å²) in [6.07, 6.45) is 10.6. The summed E-state index contributed by atoms with van der Waals surface area (Å²) in [7, 11) is 0. The average Bonchev–Trinajstić information content (AvgIpc) is 3.08. The first-order chi connectivity index (χ1) is 24.5. The summed E-state index contributed by atoms with van der Waals surface area (Å²) < 4.78 is 17.7. The van der Waals surface area contributed by atoms with Crippen LogP contribution < -0.4 is 15.4 Å². The van der Waals surface area contributed by atoms with Crippen LogP contribution in [0.2, 0.25) is 0 Å². The molecule has 1 fully saturated rings. The molecule has 2 rings (SSSR count). The number of hydrogen-bond donors (Lipinski definition) is 3. The molecule has 1 aliphatic rings. The number of rotatable bonds is 22. The number of amides is 1. The Bertz CT molecular complexity index is 1380. The van der Waals surface area contributed by atoms with Crippen LogP contribution in [0.25, 0.3) is 0 Å². The number of unbranched alkanes of at least 4 members (excludes halogenated alkanes) is 1. The van der Waals surface area contributed by atoms with Gasteiger partial charge in [-0.3, -0.25) is 14.5 Å². The number of ether oxygens (including phenoxy) is 3. The van der Waals surface area contributed by atoms with Crippen molar-refractivity contribution in [1.29, 1.82) is 5.53 Å². The molecule has 2 unspecified atom stereocenters. The van der Waals surface area contributed by atoms with Gasteiger partial charge in [0.2, 0.25) is 5.91 Å². The SMILES string of the molecule is C/C=C(/C)C(NC(=O)C1CCCC(c2ccc(OC(=O)CC/C(=C/NCCC(C)(C)OCCC(C)(C)OC(C)C)N=N)cc2)N1CCCC)=C(C)C. The van der Waals surface area contributed by atoms with Gasteiger partial charge in [0.25, 0.3) is 0 Å². The Hall–Kier alpha value is -3.34. The molecule has 0 saturated carbocycles. The minimum atomic E-state index is -0.383. The van der Waals surface area contributed by atoms with Crippen LogP contribution in [-0.2, 0) is 19.1 Å². The third-order valence-electron chi connectivity index (χ3n) is 9.52. The molecule has 0 radical (unpaired) electrons. The minimum absolute atomic E-state index is 0.0488. The maximum atomic E-state index is 13.7. The topological polar surface area (TPSA) is 125 Å². The van der Waals surface area contributed by atoms with Crippen molar-refractivity contribution in [3.05, 3.63) is 64.6 Å². The Morgan fingerprint density at radius 3 is 2.33 bits per heavy atom. The van der Waals surface area contributed by atoms with Gasteiger partial charge in [0.15, 0.2) is 0 Å². The Labute approximate surface area is 314 Å². The van der Waals surface area contributed by atoms with Gasteiger partial charge in [-0.05, 0) is 138 Å². The number of benzene rings is 1. The van der Waals surface area contributed by atoms with Gasteiger partial charge in [0.1, 0.15) is 5.75 Å². The third kappa shape index (κ3) is 15.7. The number of piperidine rings is 1. The second kappa shape index (κ2) is 22.0. The Morgan fingerprint density at radius 1 is 1.04 bits per heavy atom. The van der Waals surface area contributed by atoms with Crippen LogP contribution in [0.5, 0.6) is 5.75 Å². The number of carbonyl (C=O) groups is 2. The highest BCUT2D eigenvalue weighted by atomic mass is 16.5. The Kier molecular flexibility index (Phi) is 19.0. The number of nitrogens with zero attached hydrogens (tertiary/aromatic N) is 2. The number of likely N-dealkylation sites (tertiary alicyclic amines) is 1. The molecule has 1 amide bonds. The molecule has 1 aromatic carbocycles. The van der Waals surface area contributed by atoms with E-state index in [1.165, 1.54) is 0 Å². The zero-order valence-corrected chi connectivity index (χ0v) is 34.1. The lowest BCUT2D eigenvalue weighted by Crippen LogP contribution is -2.50. The van der Waals surface area contributed by atoms with Crippen molar-refractivity contribution in [1.82, 2.24) is 15.5 Å². The van der Waals surface area contributed by atoms with Crippen LogP contribution in [0, 0.1) is 5.53 Å². The smallest absolute Gasteiger partial charge is 0.311 e. The molecule has 10 nitrogen and oxygen atoms in total. The highest BCUT2D eigenvalue weighted by Crippen LogP contribution is 2.36. The van der Waals surface area contributed by atoms with E-state index in [1.807, 2.05) is 71.9 Å². The third-order valence-corrected chi connectivity index (χ3v) is 9.52. The van der Waals surface area contributed by atoms with E-state index in [9.17, 15) is 9.59 Å². The molecule has 292 valence electrons. The molecule has 2 atom stereocenters. The molecule has 1 aromatic rings. The van der Waals surface area contributed by atoms with Crippen molar-refractivity contribution in [2.45, 2.75) is 163 Å². The number of esters is 1. The molecule has 0 bridgehead atoms. The van der Waals surface area contributed by atoms with Crippen molar-refractivity contribution in [2.24, 2.45) is 5.11 Å². The van der Waals surface area contributed by atoms with Gasteiger partial charge in [-0.15, -0.1) is 0 Å². The van der Waals surface area contributed by atoms with Crippen molar-refractivity contribution in [3.8, 4) is 5.75 Å². The van der Waals surface area contributed by atoms with E-state index in [4.69, 9.17) is 19.7 Å². The lowest BCUT2D eigenvalue weighted by Gasteiger charge is -2.42. The normalized spacial score (nSPS) is 17.5. The monoisotopic (exact) mass is 724 g/mol. The van der Waals surface area contributed by atoms with Crippen molar-refractivity contribution >= 4 is 11.9 Å². The first-order valence-electron chi connectivity index (χ1n) is 19.3. The van der Waals surface area contributed by atoms with E-state index in [0.29, 0.717) is 24.6 Å². The van der Waals surface area contributed by atoms with Gasteiger partial charge in [0.05, 0.1) is 42.1 Å². The van der Waals surface area contributed by atoms with Crippen molar-refractivity contribution < 1.29 is 23.8 Å². The lowest BCUT2D eigenvalue weighted by atomic mass is 9.89. The molecule has 10 heteroatoms. The van der Waals surface area contributed by atoms with E-state index >= 15 is 0 Å². The fourth-order valence-corrected chi connectivity index (χ4v) is 6.55. The molecule has 0 spiro atoms. The van der Waals surface area contributed by atoms with Gasteiger partial charge < -0.3 is 24.8 Å². The van der Waals surface area contributed by atoms with Gasteiger partial charge in [-0.25, -0.2) is 5.53 Å². The average molecular weight is 724 g/mol. The molecule has 1 aliphatic heterocycles. The summed E-state index contributed by atoms with van der Waals surface area (Å²) >= 11 is 0. The van der Waals surface area contributed by atoms with Crippen LogP contribution in [0.1, 0.15) is 146 Å². The highest BCUT2D eigenvalue weighted by molar-refractivity contribution is 5.84. The Morgan fingerprint density at radius 2 is 1.73 bits per heavy atom. The quantitative estimate of drug-likeness (QED) is 0.0358. The molecule has 52 heavy (non-hydrogen) atoms. The summed E-state index contributed by atoms with van der Waals surface area (Å²) in [5.74, 6) is 0.140. The molecule has 0 aliphatic carbocycles. The maximum absolute atomic E-state index is 13.7. The molecule has 1 heterocycles. The minimum Gasteiger partial charge on any atom is -0.427 e. The van der Waals surface area contributed by atoms with E-state index in [1.54, 1.807) is 6.20 Å². The second-order valence-electron chi connectivity index (χ2n) is 15.7. The molecular formula is C42H69N5O5. The highest BCUT2D eigenvalue weighted by Gasteiger charge is 2.36. The largest absolute Gasteiger partial charge is 0.427 e. The first kappa shape index (κ1) is 44.8. The van der Waals surface area contributed by atoms with E-state index in [2.05, 4.69) is 55.3 Å². The fourth-order valence-electron chi connectivity index (χ4n) is 6.55. The van der Waals surface area contributed by atoms with Crippen LogP contribution in [-0.4, -0.2) is 59.8 Å². The van der Waals surface area contributed by atoms with Gasteiger partial charge in [-0.2, -0.15) is 5.11 Å². The maximum Gasteiger partial charge on any atom is 0.311 e. The predicted molar refractivity (Wildman–Crippen MR) is 210 cm³/mol. The molecular weight excluding hydrogens is 654 g/mol. The zero-order chi connectivity index (χ0) is 38.9.